The molecule has 1 aromatic rings. The Hall–Kier alpha value is -1.56. The second kappa shape index (κ2) is 4.13. The fourth-order valence-electron chi connectivity index (χ4n) is 1.61. The smallest absolute Gasteiger partial charge is 0.241 e. The summed E-state index contributed by atoms with van der Waals surface area (Å²) in [5.74, 6) is -4.50. The number of nitrogens with one attached hydrogen (secondary N) is 2. The molecule has 0 saturated carbocycles. The van der Waals surface area contributed by atoms with Crippen LogP contribution in [-0.4, -0.2) is 19.0 Å². The summed E-state index contributed by atoms with van der Waals surface area (Å²) < 4.78 is 38.6. The van der Waals surface area contributed by atoms with Gasteiger partial charge in [-0.1, -0.05) is 0 Å². The molecule has 2 rings (SSSR count). The van der Waals surface area contributed by atoms with Gasteiger partial charge in [-0.3, -0.25) is 4.79 Å². The molecule has 0 aromatic heterocycles. The average Bonchev–Trinajstić information content (AvgIpc) is 2.26. The lowest BCUT2D eigenvalue weighted by Crippen LogP contribution is -2.47. The van der Waals surface area contributed by atoms with Crippen LogP contribution in [0, 0.1) is 17.5 Å². The molecular formula is C10H9F3N2O. The highest BCUT2D eigenvalue weighted by Gasteiger charge is 2.25. The Morgan fingerprint density at radius 3 is 2.31 bits per heavy atom. The molecule has 0 aliphatic carbocycles. The van der Waals surface area contributed by atoms with E-state index in [0.717, 1.165) is 12.1 Å². The zero-order chi connectivity index (χ0) is 11.7. The van der Waals surface area contributed by atoms with E-state index in [1.807, 2.05) is 0 Å². The third-order valence-corrected chi connectivity index (χ3v) is 2.37. The van der Waals surface area contributed by atoms with Gasteiger partial charge in [0.2, 0.25) is 5.91 Å². The molecule has 1 fully saturated rings. The van der Waals surface area contributed by atoms with E-state index >= 15 is 0 Å². The van der Waals surface area contributed by atoms with Crippen LogP contribution in [0.3, 0.4) is 0 Å². The van der Waals surface area contributed by atoms with Crippen molar-refractivity contribution in [1.29, 1.82) is 0 Å². The minimum Gasteiger partial charge on any atom is -0.353 e. The Morgan fingerprint density at radius 1 is 1.12 bits per heavy atom. The van der Waals surface area contributed by atoms with Crippen LogP contribution in [0.4, 0.5) is 13.2 Å². The van der Waals surface area contributed by atoms with Crippen LogP contribution in [0.5, 0.6) is 0 Å². The Morgan fingerprint density at radius 2 is 1.75 bits per heavy atom. The number of halogens is 3. The van der Waals surface area contributed by atoms with Crippen LogP contribution in [0.2, 0.25) is 0 Å². The quantitative estimate of drug-likeness (QED) is 0.703. The van der Waals surface area contributed by atoms with E-state index in [9.17, 15) is 18.0 Å². The van der Waals surface area contributed by atoms with Crippen LogP contribution in [0.15, 0.2) is 12.1 Å². The summed E-state index contributed by atoms with van der Waals surface area (Å²) in [6.07, 6.45) is 0. The molecule has 3 nitrogen and oxygen atoms in total. The number of hydrogen-bond acceptors (Lipinski definition) is 2. The van der Waals surface area contributed by atoms with E-state index in [0.29, 0.717) is 13.1 Å². The number of piperazine rings is 1. The van der Waals surface area contributed by atoms with Gasteiger partial charge >= 0.3 is 0 Å². The predicted octanol–water partition coefficient (Wildman–Crippen LogP) is 0.864. The molecule has 1 aliphatic heterocycles. The van der Waals surface area contributed by atoms with Gasteiger partial charge in [-0.05, 0) is 17.7 Å². The number of rotatable bonds is 1. The average molecular weight is 230 g/mol. The lowest BCUT2D eigenvalue weighted by Gasteiger charge is -2.23. The van der Waals surface area contributed by atoms with Crippen molar-refractivity contribution in [2.45, 2.75) is 6.04 Å². The Kier molecular flexibility index (Phi) is 2.82. The third-order valence-electron chi connectivity index (χ3n) is 2.37. The monoisotopic (exact) mass is 230 g/mol. The molecule has 0 spiro atoms. The van der Waals surface area contributed by atoms with Gasteiger partial charge in [0.25, 0.3) is 0 Å². The van der Waals surface area contributed by atoms with E-state index in [4.69, 9.17) is 0 Å². The van der Waals surface area contributed by atoms with Gasteiger partial charge in [0, 0.05) is 13.1 Å². The first kappa shape index (κ1) is 10.9. The molecule has 1 amide bonds. The maximum Gasteiger partial charge on any atom is 0.241 e. The van der Waals surface area contributed by atoms with Crippen LogP contribution in [0.25, 0.3) is 0 Å². The van der Waals surface area contributed by atoms with Crippen LogP contribution in [0.1, 0.15) is 11.6 Å². The number of benzene rings is 1. The molecule has 0 radical (unpaired) electrons. The minimum atomic E-state index is -1.53. The second-order valence-corrected chi connectivity index (χ2v) is 3.48. The van der Waals surface area contributed by atoms with Crippen molar-refractivity contribution in [1.82, 2.24) is 10.6 Å². The molecular weight excluding hydrogens is 221 g/mol. The van der Waals surface area contributed by atoms with Gasteiger partial charge in [0.15, 0.2) is 17.5 Å². The summed E-state index contributed by atoms with van der Waals surface area (Å²) in [7, 11) is 0. The molecule has 1 aromatic carbocycles. The van der Waals surface area contributed by atoms with Gasteiger partial charge < -0.3 is 10.6 Å². The van der Waals surface area contributed by atoms with Crippen LogP contribution in [-0.2, 0) is 4.79 Å². The first-order valence-corrected chi connectivity index (χ1v) is 4.75. The highest BCUT2D eigenvalue weighted by atomic mass is 19.2. The fraction of sp³-hybridized carbons (Fsp3) is 0.300. The summed E-state index contributed by atoms with van der Waals surface area (Å²) in [5, 5.41) is 5.34. The van der Waals surface area contributed by atoms with E-state index < -0.39 is 23.5 Å². The summed E-state index contributed by atoms with van der Waals surface area (Å²) in [6.45, 7) is 0.957. The molecule has 1 atom stereocenters. The molecule has 86 valence electrons. The summed E-state index contributed by atoms with van der Waals surface area (Å²) in [4.78, 5) is 11.4. The number of hydrogen-bond donors (Lipinski definition) is 2. The topological polar surface area (TPSA) is 41.1 Å². The Balaban J connectivity index is 2.36. The molecule has 1 heterocycles. The maximum absolute atomic E-state index is 12.9. The highest BCUT2D eigenvalue weighted by molar-refractivity contribution is 5.83. The third kappa shape index (κ3) is 1.88. The van der Waals surface area contributed by atoms with E-state index in [2.05, 4.69) is 10.6 Å². The summed E-state index contributed by atoms with van der Waals surface area (Å²) in [6, 6.07) is 0.806. The molecule has 6 heteroatoms. The van der Waals surface area contributed by atoms with E-state index in [-0.39, 0.29) is 11.5 Å². The van der Waals surface area contributed by atoms with Crippen molar-refractivity contribution in [2.75, 3.05) is 13.1 Å². The van der Waals surface area contributed by atoms with Gasteiger partial charge in [-0.15, -0.1) is 0 Å². The predicted molar refractivity (Wildman–Crippen MR) is 50.1 cm³/mol. The number of amides is 1. The fourth-order valence-corrected chi connectivity index (χ4v) is 1.61. The van der Waals surface area contributed by atoms with Gasteiger partial charge in [0.1, 0.15) is 6.04 Å². The lowest BCUT2D eigenvalue weighted by molar-refractivity contribution is -0.124. The van der Waals surface area contributed by atoms with Gasteiger partial charge in [-0.2, -0.15) is 0 Å². The summed E-state index contributed by atoms with van der Waals surface area (Å²) >= 11 is 0. The van der Waals surface area contributed by atoms with Crippen molar-refractivity contribution in [3.05, 3.63) is 35.1 Å². The van der Waals surface area contributed by atoms with Crippen molar-refractivity contribution < 1.29 is 18.0 Å². The zero-order valence-electron chi connectivity index (χ0n) is 8.19. The minimum absolute atomic E-state index is 0.0774. The second-order valence-electron chi connectivity index (χ2n) is 3.48. The molecule has 1 aliphatic rings. The van der Waals surface area contributed by atoms with Crippen molar-refractivity contribution >= 4 is 5.91 Å². The molecule has 2 N–H and O–H groups in total. The first-order valence-electron chi connectivity index (χ1n) is 4.75. The molecule has 1 unspecified atom stereocenters. The number of carbonyl (C=O) groups is 1. The van der Waals surface area contributed by atoms with Gasteiger partial charge in [0.05, 0.1) is 0 Å². The molecule has 16 heavy (non-hydrogen) atoms. The Labute approximate surface area is 89.6 Å². The SMILES string of the molecule is O=C1NCCNC1c1cc(F)c(F)c(F)c1. The van der Waals surface area contributed by atoms with Crippen LogP contribution >= 0.6 is 0 Å². The van der Waals surface area contributed by atoms with Crippen LogP contribution < -0.4 is 10.6 Å². The van der Waals surface area contributed by atoms with E-state index in [1.54, 1.807) is 0 Å². The lowest BCUT2D eigenvalue weighted by atomic mass is 10.0. The maximum atomic E-state index is 12.9. The molecule has 1 saturated heterocycles. The van der Waals surface area contributed by atoms with E-state index in [1.165, 1.54) is 0 Å². The standard InChI is InChI=1S/C10H9F3N2O/c11-6-3-5(4-7(12)8(6)13)9-10(16)15-2-1-14-9/h3-4,9,14H,1-2H2,(H,15,16). The van der Waals surface area contributed by atoms with Crippen molar-refractivity contribution in [2.24, 2.45) is 0 Å². The normalized spacial score (nSPS) is 20.7. The Bertz CT molecular complexity index is 413. The zero-order valence-corrected chi connectivity index (χ0v) is 8.19. The number of carbonyl (C=O) groups excluding carboxylic acids is 1. The van der Waals surface area contributed by atoms with Crippen molar-refractivity contribution in [3.63, 3.8) is 0 Å². The highest BCUT2D eigenvalue weighted by Crippen LogP contribution is 2.20. The van der Waals surface area contributed by atoms with Gasteiger partial charge in [-0.25, -0.2) is 13.2 Å². The largest absolute Gasteiger partial charge is 0.353 e. The van der Waals surface area contributed by atoms with Crippen molar-refractivity contribution in [3.8, 4) is 0 Å². The first-order chi connectivity index (χ1) is 7.59. The summed E-state index contributed by atoms with van der Waals surface area (Å²) in [5.41, 5.74) is 0.0774. The molecule has 0 bridgehead atoms.